The summed E-state index contributed by atoms with van der Waals surface area (Å²) in [5.41, 5.74) is -0.409. The Balaban J connectivity index is 2.30. The van der Waals surface area contributed by atoms with Gasteiger partial charge in [-0.15, -0.1) is 0 Å². The van der Waals surface area contributed by atoms with E-state index >= 15 is 0 Å². The molecule has 2 rings (SSSR count). The van der Waals surface area contributed by atoms with E-state index < -0.39 is 41.0 Å². The quantitative estimate of drug-likeness (QED) is 0.915. The van der Waals surface area contributed by atoms with Crippen LogP contribution in [0, 0.1) is 17.6 Å². The van der Waals surface area contributed by atoms with Crippen molar-refractivity contribution in [2.75, 3.05) is 19.8 Å². The van der Waals surface area contributed by atoms with Crippen LogP contribution in [0.25, 0.3) is 0 Å². The van der Waals surface area contributed by atoms with Crippen molar-refractivity contribution >= 4 is 11.9 Å². The van der Waals surface area contributed by atoms with Crippen molar-refractivity contribution in [1.82, 2.24) is 4.90 Å². The highest BCUT2D eigenvalue weighted by Crippen LogP contribution is 2.23. The molecule has 5 nitrogen and oxygen atoms in total. The topological polar surface area (TPSA) is 66.8 Å². The molecule has 7 heteroatoms. The van der Waals surface area contributed by atoms with E-state index in [1.54, 1.807) is 6.92 Å². The van der Waals surface area contributed by atoms with Crippen LogP contribution in [0.4, 0.5) is 8.78 Å². The Kier molecular flexibility index (Phi) is 4.52. The number of nitrogens with zero attached hydrogens (tertiary/aromatic N) is 1. The van der Waals surface area contributed by atoms with Gasteiger partial charge in [-0.1, -0.05) is 0 Å². The Morgan fingerprint density at radius 1 is 1.38 bits per heavy atom. The molecule has 1 aliphatic heterocycles. The van der Waals surface area contributed by atoms with Gasteiger partial charge in [0.15, 0.2) is 0 Å². The molecule has 1 saturated heterocycles. The monoisotopic (exact) mass is 299 g/mol. The second-order valence-electron chi connectivity index (χ2n) is 4.76. The van der Waals surface area contributed by atoms with Crippen molar-refractivity contribution in [1.29, 1.82) is 0 Å². The molecule has 0 radical (unpaired) electrons. The maximum atomic E-state index is 13.7. The first-order valence-corrected chi connectivity index (χ1v) is 6.52. The molecule has 2 atom stereocenters. The molecule has 0 aliphatic carbocycles. The van der Waals surface area contributed by atoms with Gasteiger partial charge in [-0.3, -0.25) is 9.59 Å². The van der Waals surface area contributed by atoms with Crippen LogP contribution in [0.3, 0.4) is 0 Å². The second-order valence-corrected chi connectivity index (χ2v) is 4.76. The zero-order valence-electron chi connectivity index (χ0n) is 11.4. The normalized spacial score (nSPS) is 21.3. The maximum Gasteiger partial charge on any atom is 0.311 e. The first kappa shape index (κ1) is 15.4. The average molecular weight is 299 g/mol. The molecule has 1 fully saturated rings. The molecule has 1 N–H and O–H groups in total. The minimum Gasteiger partial charge on any atom is -0.481 e. The predicted octanol–water partition coefficient (Wildman–Crippen LogP) is 1.53. The largest absolute Gasteiger partial charge is 0.481 e. The Bertz CT molecular complexity index is 564. The summed E-state index contributed by atoms with van der Waals surface area (Å²) in [7, 11) is 0. The van der Waals surface area contributed by atoms with Gasteiger partial charge in [-0.25, -0.2) is 8.78 Å². The number of amides is 1. The lowest BCUT2D eigenvalue weighted by atomic mass is 10.0. The van der Waals surface area contributed by atoms with Gasteiger partial charge in [0, 0.05) is 6.54 Å². The summed E-state index contributed by atoms with van der Waals surface area (Å²) in [6.07, 6.45) is 0. The summed E-state index contributed by atoms with van der Waals surface area (Å²) in [5.74, 6) is -4.26. The molecule has 1 amide bonds. The minimum atomic E-state index is -1.08. The molecule has 1 aromatic rings. The second kappa shape index (κ2) is 6.17. The number of benzene rings is 1. The number of hydrogen-bond acceptors (Lipinski definition) is 3. The fourth-order valence-corrected chi connectivity index (χ4v) is 2.43. The molecule has 0 spiro atoms. The van der Waals surface area contributed by atoms with Gasteiger partial charge >= 0.3 is 5.97 Å². The molecule has 1 aromatic carbocycles. The van der Waals surface area contributed by atoms with Gasteiger partial charge in [0.1, 0.15) is 17.6 Å². The highest BCUT2D eigenvalue weighted by molar-refractivity contribution is 5.95. The van der Waals surface area contributed by atoms with Crippen LogP contribution in [0.2, 0.25) is 0 Å². The fraction of sp³-hybridized carbons (Fsp3) is 0.429. The van der Waals surface area contributed by atoms with Gasteiger partial charge in [-0.2, -0.15) is 0 Å². The Morgan fingerprint density at radius 2 is 2.10 bits per heavy atom. The van der Waals surface area contributed by atoms with Crippen molar-refractivity contribution in [3.63, 3.8) is 0 Å². The highest BCUT2D eigenvalue weighted by Gasteiger charge is 2.40. The summed E-state index contributed by atoms with van der Waals surface area (Å²) in [6, 6.07) is 1.91. The summed E-state index contributed by atoms with van der Waals surface area (Å²) in [5, 5.41) is 9.13. The van der Waals surface area contributed by atoms with Gasteiger partial charge < -0.3 is 14.7 Å². The first-order chi connectivity index (χ1) is 9.95. The molecule has 114 valence electrons. The summed E-state index contributed by atoms with van der Waals surface area (Å²) in [6.45, 7) is 1.88. The van der Waals surface area contributed by atoms with Crippen molar-refractivity contribution in [3.8, 4) is 0 Å². The molecule has 0 bridgehead atoms. The SMILES string of the molecule is CCN(C(=O)c1cc(F)ccc1F)C1COCC1C(=O)O. The Morgan fingerprint density at radius 3 is 2.71 bits per heavy atom. The smallest absolute Gasteiger partial charge is 0.311 e. The van der Waals surface area contributed by atoms with Crippen molar-refractivity contribution < 1.29 is 28.2 Å². The van der Waals surface area contributed by atoms with Crippen LogP contribution in [-0.2, 0) is 9.53 Å². The van der Waals surface area contributed by atoms with Gasteiger partial charge in [0.2, 0.25) is 0 Å². The predicted molar refractivity (Wildman–Crippen MR) is 68.8 cm³/mol. The molecular weight excluding hydrogens is 284 g/mol. The fourth-order valence-electron chi connectivity index (χ4n) is 2.43. The van der Waals surface area contributed by atoms with Crippen molar-refractivity contribution in [3.05, 3.63) is 35.4 Å². The lowest BCUT2D eigenvalue weighted by Gasteiger charge is -2.29. The van der Waals surface area contributed by atoms with Gasteiger partial charge in [-0.05, 0) is 25.1 Å². The molecule has 0 saturated carbocycles. The summed E-state index contributed by atoms with van der Waals surface area (Å²) >= 11 is 0. The van der Waals surface area contributed by atoms with Crippen molar-refractivity contribution in [2.24, 2.45) is 5.92 Å². The van der Waals surface area contributed by atoms with E-state index in [0.717, 1.165) is 18.2 Å². The van der Waals surface area contributed by atoms with E-state index in [0.29, 0.717) is 0 Å². The molecule has 0 aromatic heterocycles. The van der Waals surface area contributed by atoms with Gasteiger partial charge in [0.25, 0.3) is 5.91 Å². The van der Waals surface area contributed by atoms with E-state index in [-0.39, 0.29) is 19.8 Å². The molecular formula is C14H15F2NO4. The third-order valence-electron chi connectivity index (χ3n) is 3.53. The van der Waals surface area contributed by atoms with Gasteiger partial charge in [0.05, 0.1) is 24.8 Å². The minimum absolute atomic E-state index is 0.00455. The summed E-state index contributed by atoms with van der Waals surface area (Å²) < 4.78 is 32.0. The Labute approximate surface area is 120 Å². The molecule has 1 heterocycles. The number of carbonyl (C=O) groups excluding carboxylic acids is 1. The van der Waals surface area contributed by atoms with E-state index in [1.807, 2.05) is 0 Å². The zero-order valence-corrected chi connectivity index (χ0v) is 11.4. The van der Waals surface area contributed by atoms with Crippen molar-refractivity contribution in [2.45, 2.75) is 13.0 Å². The zero-order chi connectivity index (χ0) is 15.6. The van der Waals surface area contributed by atoms with E-state index in [4.69, 9.17) is 9.84 Å². The lowest BCUT2D eigenvalue weighted by molar-refractivity contribution is -0.142. The number of rotatable bonds is 4. The number of likely N-dealkylation sites (N-methyl/N-ethyl adjacent to an activating group) is 1. The number of carboxylic acid groups (broad SMARTS) is 1. The van der Waals surface area contributed by atoms with Crippen LogP contribution in [0.1, 0.15) is 17.3 Å². The van der Waals surface area contributed by atoms with Crippen LogP contribution in [0.5, 0.6) is 0 Å². The van der Waals surface area contributed by atoms with Crippen LogP contribution >= 0.6 is 0 Å². The Hall–Kier alpha value is -2.02. The number of hydrogen-bond donors (Lipinski definition) is 1. The number of carbonyl (C=O) groups is 2. The average Bonchev–Trinajstić information content (AvgIpc) is 2.91. The maximum absolute atomic E-state index is 13.7. The number of halogens is 2. The van der Waals surface area contributed by atoms with Crippen LogP contribution in [0.15, 0.2) is 18.2 Å². The first-order valence-electron chi connectivity index (χ1n) is 6.52. The molecule has 21 heavy (non-hydrogen) atoms. The molecule has 1 aliphatic rings. The summed E-state index contributed by atoms with van der Waals surface area (Å²) in [4.78, 5) is 24.7. The number of ether oxygens (including phenoxy) is 1. The van der Waals surface area contributed by atoms with E-state index in [9.17, 15) is 18.4 Å². The number of aliphatic carboxylic acids is 1. The highest BCUT2D eigenvalue weighted by atomic mass is 19.1. The third-order valence-corrected chi connectivity index (χ3v) is 3.53. The number of carboxylic acids is 1. The third kappa shape index (κ3) is 3.02. The van der Waals surface area contributed by atoms with E-state index in [2.05, 4.69) is 0 Å². The van der Waals surface area contributed by atoms with Crippen LogP contribution < -0.4 is 0 Å². The van der Waals surface area contributed by atoms with Crippen LogP contribution in [-0.4, -0.2) is 47.7 Å². The molecule has 2 unspecified atom stereocenters. The lowest BCUT2D eigenvalue weighted by Crippen LogP contribution is -2.46. The standard InChI is InChI=1S/C14H15F2NO4/c1-2-17(12-7-21-6-10(12)14(19)20)13(18)9-5-8(15)3-4-11(9)16/h3-5,10,12H,2,6-7H2,1H3,(H,19,20). The van der Waals surface area contributed by atoms with E-state index in [1.165, 1.54) is 4.90 Å².